The van der Waals surface area contributed by atoms with E-state index in [1.165, 1.54) is 0 Å². The Bertz CT molecular complexity index is 1240. The van der Waals surface area contributed by atoms with Crippen LogP contribution in [0.5, 0.6) is 17.2 Å². The molecule has 1 atom stereocenters. The zero-order valence-electron chi connectivity index (χ0n) is 18.2. The molecule has 6 nitrogen and oxygen atoms in total. The summed E-state index contributed by atoms with van der Waals surface area (Å²) in [6.45, 7) is 1.74. The number of carbonyl (C=O) groups is 1. The smallest absolute Gasteiger partial charge is 0.349 e. The van der Waals surface area contributed by atoms with Crippen molar-refractivity contribution in [3.8, 4) is 23.3 Å². The number of nitriles is 1. The predicted octanol–water partition coefficient (Wildman–Crippen LogP) is 4.92. The van der Waals surface area contributed by atoms with Gasteiger partial charge in [-0.05, 0) is 49.1 Å². The Kier molecular flexibility index (Phi) is 6.57. The maximum absolute atomic E-state index is 12.3. The van der Waals surface area contributed by atoms with Crippen LogP contribution in [-0.4, -0.2) is 18.8 Å². The van der Waals surface area contributed by atoms with Crippen LogP contribution in [0.2, 0.25) is 0 Å². The summed E-state index contributed by atoms with van der Waals surface area (Å²) in [4.78, 5) is 13.4. The van der Waals surface area contributed by atoms with Crippen molar-refractivity contribution in [2.45, 2.75) is 17.7 Å². The highest BCUT2D eigenvalue weighted by Crippen LogP contribution is 2.43. The predicted molar refractivity (Wildman–Crippen MR) is 126 cm³/mol. The molecule has 166 valence electrons. The number of esters is 1. The number of allylic oxidation sites excluding steroid dienone is 1. The van der Waals surface area contributed by atoms with Crippen LogP contribution in [0.3, 0.4) is 0 Å². The molecule has 0 fully saturated rings. The van der Waals surface area contributed by atoms with E-state index >= 15 is 0 Å². The van der Waals surface area contributed by atoms with E-state index in [9.17, 15) is 10.1 Å². The van der Waals surface area contributed by atoms with Gasteiger partial charge >= 0.3 is 5.97 Å². The molecular formula is C26H22N2O4S. The van der Waals surface area contributed by atoms with E-state index in [1.54, 1.807) is 42.1 Å². The lowest BCUT2D eigenvalue weighted by Crippen LogP contribution is -2.21. The first-order chi connectivity index (χ1) is 16.0. The largest absolute Gasteiger partial charge is 0.482 e. The molecule has 0 bridgehead atoms. The number of ether oxygens (including phenoxy) is 3. The molecule has 0 saturated carbocycles. The second-order valence-corrected chi connectivity index (χ2v) is 8.35. The molecule has 1 heterocycles. The van der Waals surface area contributed by atoms with E-state index in [0.29, 0.717) is 22.8 Å². The van der Waals surface area contributed by atoms with Crippen molar-refractivity contribution in [2.24, 2.45) is 5.73 Å². The lowest BCUT2D eigenvalue weighted by Gasteiger charge is -2.26. The van der Waals surface area contributed by atoms with Crippen LogP contribution in [0, 0.1) is 18.3 Å². The Balaban J connectivity index is 1.53. The Morgan fingerprint density at radius 2 is 1.79 bits per heavy atom. The number of nitrogens with two attached hydrogens (primary N) is 1. The van der Waals surface area contributed by atoms with Crippen molar-refractivity contribution >= 4 is 17.7 Å². The molecule has 1 aliphatic rings. The summed E-state index contributed by atoms with van der Waals surface area (Å²) in [5.74, 6) is 0.450. The summed E-state index contributed by atoms with van der Waals surface area (Å²) in [6.07, 6.45) is 2.01. The zero-order chi connectivity index (χ0) is 23.4. The van der Waals surface area contributed by atoms with Crippen molar-refractivity contribution < 1.29 is 19.0 Å². The minimum absolute atomic E-state index is 0.0372. The van der Waals surface area contributed by atoms with Crippen LogP contribution in [0.15, 0.2) is 83.1 Å². The summed E-state index contributed by atoms with van der Waals surface area (Å²) in [6, 6.07) is 22.6. The Morgan fingerprint density at radius 3 is 2.45 bits per heavy atom. The monoisotopic (exact) mass is 458 g/mol. The third kappa shape index (κ3) is 4.97. The maximum Gasteiger partial charge on any atom is 0.349 e. The summed E-state index contributed by atoms with van der Waals surface area (Å²) in [7, 11) is 0. The van der Waals surface area contributed by atoms with Gasteiger partial charge in [-0.1, -0.05) is 35.9 Å². The van der Waals surface area contributed by atoms with Gasteiger partial charge in [0.25, 0.3) is 0 Å². The number of aryl methyl sites for hydroxylation is 1. The van der Waals surface area contributed by atoms with Gasteiger partial charge in [-0.2, -0.15) is 5.26 Å². The average molecular weight is 459 g/mol. The highest BCUT2D eigenvalue weighted by atomic mass is 32.2. The molecule has 7 heteroatoms. The molecule has 0 radical (unpaired) electrons. The van der Waals surface area contributed by atoms with Crippen LogP contribution in [0.25, 0.3) is 0 Å². The first-order valence-corrected chi connectivity index (χ1v) is 11.5. The quantitative estimate of drug-likeness (QED) is 0.318. The van der Waals surface area contributed by atoms with E-state index < -0.39 is 5.97 Å². The molecule has 4 rings (SSSR count). The molecule has 0 spiro atoms. The van der Waals surface area contributed by atoms with E-state index in [0.717, 1.165) is 21.6 Å². The molecule has 2 N–H and O–H groups in total. The Hall–Kier alpha value is -3.89. The summed E-state index contributed by atoms with van der Waals surface area (Å²) >= 11 is 1.64. The minimum atomic E-state index is -0.545. The number of hydrogen-bond acceptors (Lipinski definition) is 7. The molecular weight excluding hydrogens is 436 g/mol. The van der Waals surface area contributed by atoms with Crippen LogP contribution >= 0.6 is 11.8 Å². The van der Waals surface area contributed by atoms with E-state index in [4.69, 9.17) is 19.9 Å². The molecule has 1 aliphatic heterocycles. The van der Waals surface area contributed by atoms with Gasteiger partial charge in [0.15, 0.2) is 6.61 Å². The second-order valence-electron chi connectivity index (χ2n) is 7.47. The van der Waals surface area contributed by atoms with Gasteiger partial charge in [0.2, 0.25) is 5.88 Å². The zero-order valence-corrected chi connectivity index (χ0v) is 19.0. The van der Waals surface area contributed by atoms with Crippen molar-refractivity contribution in [1.82, 2.24) is 0 Å². The summed E-state index contributed by atoms with van der Waals surface area (Å²) < 4.78 is 16.6. The fraction of sp³-hybridized carbons (Fsp3) is 0.154. The third-order valence-electron chi connectivity index (χ3n) is 5.25. The van der Waals surface area contributed by atoms with Gasteiger partial charge < -0.3 is 19.9 Å². The van der Waals surface area contributed by atoms with Gasteiger partial charge in [-0.25, -0.2) is 4.79 Å². The maximum atomic E-state index is 12.3. The Morgan fingerprint density at radius 1 is 1.09 bits per heavy atom. The topological polar surface area (TPSA) is 94.6 Å². The second kappa shape index (κ2) is 9.72. The number of benzene rings is 3. The van der Waals surface area contributed by atoms with Gasteiger partial charge in [0, 0.05) is 16.5 Å². The molecule has 33 heavy (non-hydrogen) atoms. The number of rotatable bonds is 6. The first kappa shape index (κ1) is 22.3. The lowest BCUT2D eigenvalue weighted by atomic mass is 9.83. The number of nitrogens with zero attached hydrogens (tertiary/aromatic N) is 1. The first-order valence-electron chi connectivity index (χ1n) is 10.2. The van der Waals surface area contributed by atoms with Crippen LogP contribution in [0.4, 0.5) is 0 Å². The van der Waals surface area contributed by atoms with E-state index in [2.05, 4.69) is 6.07 Å². The third-order valence-corrected chi connectivity index (χ3v) is 5.99. The molecule has 0 amide bonds. The van der Waals surface area contributed by atoms with Crippen molar-refractivity contribution in [1.29, 1.82) is 5.26 Å². The normalized spacial score (nSPS) is 14.6. The molecule has 1 unspecified atom stereocenters. The van der Waals surface area contributed by atoms with Crippen molar-refractivity contribution in [2.75, 3.05) is 12.9 Å². The van der Waals surface area contributed by atoms with E-state index in [1.807, 2.05) is 49.6 Å². The van der Waals surface area contributed by atoms with Gasteiger partial charge in [0.05, 0.1) is 5.92 Å². The molecule has 0 aromatic heterocycles. The van der Waals surface area contributed by atoms with Crippen LogP contribution < -0.4 is 19.9 Å². The molecule has 3 aromatic carbocycles. The standard InChI is InChI=1S/C26H22N2O4S/c1-16-3-7-18(8-4-16)30-15-24(29)31-19-9-12-21-23(13-19)32-26(28)22(14-27)25(21)17-5-10-20(33-2)11-6-17/h3-13,25H,15,28H2,1-2H3. The van der Waals surface area contributed by atoms with Crippen molar-refractivity contribution in [3.63, 3.8) is 0 Å². The fourth-order valence-corrected chi connectivity index (χ4v) is 3.98. The lowest BCUT2D eigenvalue weighted by molar-refractivity contribution is -0.136. The average Bonchev–Trinajstić information content (AvgIpc) is 2.83. The summed E-state index contributed by atoms with van der Waals surface area (Å²) in [5.41, 5.74) is 9.21. The van der Waals surface area contributed by atoms with Gasteiger partial charge in [-0.3, -0.25) is 0 Å². The van der Waals surface area contributed by atoms with E-state index in [-0.39, 0.29) is 18.4 Å². The molecule has 0 saturated heterocycles. The minimum Gasteiger partial charge on any atom is -0.482 e. The number of carbonyl (C=O) groups excluding carboxylic acids is 1. The summed E-state index contributed by atoms with van der Waals surface area (Å²) in [5, 5.41) is 9.71. The number of fused-ring (bicyclic) bond motifs is 1. The molecule has 0 aliphatic carbocycles. The molecule has 3 aromatic rings. The van der Waals surface area contributed by atoms with Gasteiger partial charge in [-0.15, -0.1) is 11.8 Å². The SMILES string of the molecule is CSc1ccc(C2C(C#N)=C(N)Oc3cc(OC(=O)COc4ccc(C)cc4)ccc32)cc1. The van der Waals surface area contributed by atoms with Crippen molar-refractivity contribution in [3.05, 3.63) is 94.9 Å². The number of thioether (sulfide) groups is 1. The van der Waals surface area contributed by atoms with Crippen LogP contribution in [-0.2, 0) is 4.79 Å². The highest BCUT2D eigenvalue weighted by molar-refractivity contribution is 7.98. The Labute approximate surface area is 196 Å². The van der Waals surface area contributed by atoms with Gasteiger partial charge in [0.1, 0.15) is 28.9 Å². The fourth-order valence-electron chi connectivity index (χ4n) is 3.58. The van der Waals surface area contributed by atoms with Crippen LogP contribution in [0.1, 0.15) is 22.6 Å². The highest BCUT2D eigenvalue weighted by Gasteiger charge is 2.31. The number of hydrogen-bond donors (Lipinski definition) is 1.